The van der Waals surface area contributed by atoms with Crippen LogP contribution >= 0.6 is 0 Å². The monoisotopic (exact) mass is 293 g/mol. The maximum absolute atomic E-state index is 12.1. The fourth-order valence-corrected chi connectivity index (χ4v) is 5.74. The van der Waals surface area contributed by atoms with E-state index in [1.54, 1.807) is 0 Å². The van der Waals surface area contributed by atoms with Gasteiger partial charge >= 0.3 is 0 Å². The highest BCUT2D eigenvalue weighted by atomic mass is 16.5. The Morgan fingerprint density at radius 1 is 1.33 bits per heavy atom. The number of rotatable bonds is 4. The first-order valence-electron chi connectivity index (χ1n) is 8.86. The van der Waals surface area contributed by atoms with Crippen LogP contribution in [0.4, 0.5) is 0 Å². The topological polar surface area (TPSA) is 38.3 Å². The van der Waals surface area contributed by atoms with E-state index in [9.17, 15) is 4.79 Å². The Morgan fingerprint density at radius 3 is 2.76 bits per heavy atom. The van der Waals surface area contributed by atoms with Crippen LogP contribution < -0.4 is 5.32 Å². The van der Waals surface area contributed by atoms with Gasteiger partial charge in [0.25, 0.3) is 0 Å². The number of carbonyl (C=O) groups is 1. The second kappa shape index (κ2) is 5.26. The molecule has 120 valence electrons. The highest BCUT2D eigenvalue weighted by Crippen LogP contribution is 2.68. The SMILES string of the molecule is CCC[C@H]1OCCC23C[C@@H](C[C@H]12)C(C)(C)[C@H]3NC(=O)CC. The van der Waals surface area contributed by atoms with E-state index in [2.05, 4.69) is 26.1 Å². The summed E-state index contributed by atoms with van der Waals surface area (Å²) < 4.78 is 6.11. The molecule has 3 aliphatic rings. The van der Waals surface area contributed by atoms with Gasteiger partial charge in [0, 0.05) is 19.1 Å². The normalized spacial score (nSPS) is 43.6. The second-order valence-corrected chi connectivity index (χ2v) is 8.10. The number of ether oxygens (including phenoxy) is 1. The first-order valence-corrected chi connectivity index (χ1v) is 8.86. The zero-order chi connectivity index (χ0) is 15.3. The van der Waals surface area contributed by atoms with Gasteiger partial charge in [-0.25, -0.2) is 0 Å². The Kier molecular flexibility index (Phi) is 3.84. The molecule has 1 aliphatic heterocycles. The van der Waals surface area contributed by atoms with Crippen LogP contribution in [0.3, 0.4) is 0 Å². The lowest BCUT2D eigenvalue weighted by atomic mass is 9.59. The van der Waals surface area contributed by atoms with Crippen molar-refractivity contribution in [1.82, 2.24) is 5.32 Å². The van der Waals surface area contributed by atoms with Crippen LogP contribution in [-0.2, 0) is 9.53 Å². The van der Waals surface area contributed by atoms with E-state index in [1.807, 2.05) is 6.92 Å². The molecule has 1 saturated heterocycles. The average molecular weight is 293 g/mol. The lowest BCUT2D eigenvalue weighted by molar-refractivity contribution is -0.137. The van der Waals surface area contributed by atoms with E-state index in [-0.39, 0.29) is 11.3 Å². The predicted octanol–water partition coefficient (Wildman–Crippen LogP) is 3.52. The summed E-state index contributed by atoms with van der Waals surface area (Å²) in [7, 11) is 0. The fraction of sp³-hybridized carbons (Fsp3) is 0.944. The summed E-state index contributed by atoms with van der Waals surface area (Å²) in [5.41, 5.74) is 0.534. The highest BCUT2D eigenvalue weighted by Gasteiger charge is 2.68. The van der Waals surface area contributed by atoms with E-state index in [0.717, 1.165) is 18.9 Å². The molecule has 1 amide bonds. The molecule has 3 nitrogen and oxygen atoms in total. The van der Waals surface area contributed by atoms with Crippen molar-refractivity contribution in [2.24, 2.45) is 22.7 Å². The minimum absolute atomic E-state index is 0.215. The van der Waals surface area contributed by atoms with Gasteiger partial charge < -0.3 is 10.1 Å². The number of amides is 1. The van der Waals surface area contributed by atoms with E-state index in [4.69, 9.17) is 4.74 Å². The smallest absolute Gasteiger partial charge is 0.219 e. The van der Waals surface area contributed by atoms with Crippen LogP contribution in [0.5, 0.6) is 0 Å². The largest absolute Gasteiger partial charge is 0.378 e. The van der Waals surface area contributed by atoms with E-state index in [0.29, 0.717) is 29.9 Å². The molecule has 1 heterocycles. The Morgan fingerprint density at radius 2 is 2.10 bits per heavy atom. The van der Waals surface area contributed by atoms with Crippen LogP contribution in [0.25, 0.3) is 0 Å². The van der Waals surface area contributed by atoms with Gasteiger partial charge in [-0.05, 0) is 48.3 Å². The summed E-state index contributed by atoms with van der Waals surface area (Å²) in [6.07, 6.45) is 7.11. The van der Waals surface area contributed by atoms with Crippen molar-refractivity contribution in [1.29, 1.82) is 0 Å². The molecule has 3 fully saturated rings. The van der Waals surface area contributed by atoms with E-state index < -0.39 is 0 Å². The molecule has 1 N–H and O–H groups in total. The number of nitrogens with one attached hydrogen (secondary N) is 1. The summed E-state index contributed by atoms with van der Waals surface area (Å²) in [4.78, 5) is 12.1. The standard InChI is InChI=1S/C18H31NO2/c1-5-7-14-13-10-12-11-18(13,8-9-21-14)16(17(12,3)4)19-15(20)6-2/h12-14,16H,5-11H2,1-4H3,(H,19,20)/t12-,13-,14-,16-,18?/m1/s1. The molecule has 5 atom stereocenters. The first kappa shape index (κ1) is 15.3. The van der Waals surface area contributed by atoms with Crippen LogP contribution in [-0.4, -0.2) is 24.7 Å². The number of hydrogen-bond acceptors (Lipinski definition) is 2. The van der Waals surface area contributed by atoms with Crippen molar-refractivity contribution < 1.29 is 9.53 Å². The minimum Gasteiger partial charge on any atom is -0.378 e. The molecule has 0 aromatic rings. The molecule has 1 spiro atoms. The molecule has 3 heteroatoms. The molecular weight excluding hydrogens is 262 g/mol. The first-order chi connectivity index (χ1) is 9.95. The second-order valence-electron chi connectivity index (χ2n) is 8.10. The summed E-state index contributed by atoms with van der Waals surface area (Å²) in [5, 5.41) is 3.41. The number of carbonyl (C=O) groups excluding carboxylic acids is 1. The molecule has 0 radical (unpaired) electrons. The zero-order valence-corrected chi connectivity index (χ0v) is 14.1. The highest BCUT2D eigenvalue weighted by molar-refractivity contribution is 5.76. The average Bonchev–Trinajstić information content (AvgIpc) is 2.93. The molecule has 0 aromatic carbocycles. The zero-order valence-electron chi connectivity index (χ0n) is 14.1. The quantitative estimate of drug-likeness (QED) is 0.861. The van der Waals surface area contributed by atoms with Crippen molar-refractivity contribution in [2.45, 2.75) is 78.4 Å². The van der Waals surface area contributed by atoms with E-state index in [1.165, 1.54) is 25.7 Å². The summed E-state index contributed by atoms with van der Waals surface area (Å²) in [6.45, 7) is 9.82. The van der Waals surface area contributed by atoms with E-state index >= 15 is 0 Å². The molecule has 21 heavy (non-hydrogen) atoms. The van der Waals surface area contributed by atoms with Gasteiger partial charge in [-0.15, -0.1) is 0 Å². The predicted molar refractivity (Wildman–Crippen MR) is 83.9 cm³/mol. The van der Waals surface area contributed by atoms with Gasteiger partial charge in [0.2, 0.25) is 5.91 Å². The molecule has 0 aromatic heterocycles. The molecule has 1 unspecified atom stereocenters. The van der Waals surface area contributed by atoms with Gasteiger partial charge in [-0.3, -0.25) is 4.79 Å². The van der Waals surface area contributed by atoms with Crippen molar-refractivity contribution in [3.8, 4) is 0 Å². The maximum atomic E-state index is 12.1. The van der Waals surface area contributed by atoms with Gasteiger partial charge in [0.05, 0.1) is 6.10 Å². The summed E-state index contributed by atoms with van der Waals surface area (Å²) >= 11 is 0. The number of hydrogen-bond donors (Lipinski definition) is 1. The number of fused-ring (bicyclic) bond motifs is 1. The molecule has 3 rings (SSSR count). The maximum Gasteiger partial charge on any atom is 0.219 e. The lowest BCUT2D eigenvalue weighted by Crippen LogP contribution is -2.60. The van der Waals surface area contributed by atoms with Crippen LogP contribution in [0.1, 0.15) is 66.2 Å². The Bertz CT molecular complexity index is 417. The fourth-order valence-electron chi connectivity index (χ4n) is 5.74. The van der Waals surface area contributed by atoms with Crippen molar-refractivity contribution in [3.63, 3.8) is 0 Å². The van der Waals surface area contributed by atoms with Gasteiger partial charge in [0.1, 0.15) is 0 Å². The third-order valence-electron chi connectivity index (χ3n) is 6.82. The van der Waals surface area contributed by atoms with Crippen molar-refractivity contribution in [3.05, 3.63) is 0 Å². The van der Waals surface area contributed by atoms with Crippen molar-refractivity contribution in [2.75, 3.05) is 6.61 Å². The van der Waals surface area contributed by atoms with Crippen LogP contribution in [0.15, 0.2) is 0 Å². The summed E-state index contributed by atoms with van der Waals surface area (Å²) in [6, 6.07) is 0.337. The Hall–Kier alpha value is -0.570. The summed E-state index contributed by atoms with van der Waals surface area (Å²) in [5.74, 6) is 1.62. The molecular formula is C18H31NO2. The third-order valence-corrected chi connectivity index (χ3v) is 6.82. The minimum atomic E-state index is 0.215. The van der Waals surface area contributed by atoms with Crippen molar-refractivity contribution >= 4 is 5.91 Å². The Balaban J connectivity index is 1.90. The van der Waals surface area contributed by atoms with Gasteiger partial charge in [-0.1, -0.05) is 34.1 Å². The lowest BCUT2D eigenvalue weighted by Gasteiger charge is -2.53. The third kappa shape index (κ3) is 2.15. The molecule has 2 aliphatic carbocycles. The molecule has 2 bridgehead atoms. The van der Waals surface area contributed by atoms with Crippen LogP contribution in [0.2, 0.25) is 0 Å². The van der Waals surface area contributed by atoms with Gasteiger partial charge in [0.15, 0.2) is 0 Å². The Labute approximate surface area is 129 Å². The van der Waals surface area contributed by atoms with Crippen LogP contribution in [0, 0.1) is 22.7 Å². The van der Waals surface area contributed by atoms with Gasteiger partial charge in [-0.2, -0.15) is 0 Å². The molecule has 2 saturated carbocycles.